The summed E-state index contributed by atoms with van der Waals surface area (Å²) >= 11 is 0. The van der Waals surface area contributed by atoms with Crippen LogP contribution in [0.3, 0.4) is 0 Å². The van der Waals surface area contributed by atoms with Crippen LogP contribution < -0.4 is 15.6 Å². The van der Waals surface area contributed by atoms with Crippen LogP contribution in [0.25, 0.3) is 11.3 Å². The number of nitrogens with zero attached hydrogens (tertiary/aromatic N) is 1. The first kappa shape index (κ1) is 32.0. The minimum atomic E-state index is -1.98. The maximum absolute atomic E-state index is 12.9. The van der Waals surface area contributed by atoms with Gasteiger partial charge in [0.2, 0.25) is 0 Å². The number of aliphatic hydroxyl groups excluding tert-OH is 3. The molecule has 0 radical (unpaired) electrons. The van der Waals surface area contributed by atoms with Gasteiger partial charge in [-0.1, -0.05) is 36.4 Å². The number of hydrogen-bond acceptors (Lipinski definition) is 10. The maximum Gasteiger partial charge on any atom is 0.333 e. The second-order valence-corrected chi connectivity index (χ2v) is 13.0. The molecule has 2 bridgehead atoms. The van der Waals surface area contributed by atoms with Crippen molar-refractivity contribution in [1.82, 2.24) is 4.98 Å². The van der Waals surface area contributed by atoms with Crippen molar-refractivity contribution in [2.75, 3.05) is 20.3 Å². The van der Waals surface area contributed by atoms with E-state index in [2.05, 4.69) is 11.6 Å². The van der Waals surface area contributed by atoms with Gasteiger partial charge in [-0.3, -0.25) is 4.79 Å². The van der Waals surface area contributed by atoms with Gasteiger partial charge in [-0.2, -0.15) is 6.20 Å². The lowest BCUT2D eigenvalue weighted by molar-refractivity contribution is -0.378. The largest absolute Gasteiger partial charge is 0.661 e. The van der Waals surface area contributed by atoms with Crippen LogP contribution in [-0.4, -0.2) is 93.6 Å². The summed E-state index contributed by atoms with van der Waals surface area (Å²) in [5, 5.41) is 55.8. The molecule has 3 aliphatic carbocycles. The van der Waals surface area contributed by atoms with Gasteiger partial charge in [0.05, 0.1) is 32.0 Å². The number of rotatable bonds is 10. The number of carboxylic acid groups (broad SMARTS) is 1. The predicted octanol–water partition coefficient (Wildman–Crippen LogP) is -0.00110. The minimum Gasteiger partial charge on any atom is -0.661 e. The minimum absolute atomic E-state index is 0.0499. The fourth-order valence-corrected chi connectivity index (χ4v) is 8.67. The van der Waals surface area contributed by atoms with Gasteiger partial charge < -0.3 is 49.5 Å². The average molecular weight is 629 g/mol. The van der Waals surface area contributed by atoms with Crippen LogP contribution in [0.1, 0.15) is 57.8 Å². The van der Waals surface area contributed by atoms with Crippen LogP contribution in [0.5, 0.6) is 0 Å². The van der Waals surface area contributed by atoms with Crippen molar-refractivity contribution in [3.63, 3.8) is 0 Å². The highest BCUT2D eigenvalue weighted by Gasteiger charge is 2.70. The molecule has 5 N–H and O–H groups in total. The van der Waals surface area contributed by atoms with E-state index in [-0.39, 0.29) is 25.0 Å². The first-order valence-corrected chi connectivity index (χ1v) is 15.7. The normalized spacial score (nSPS) is 36.5. The van der Waals surface area contributed by atoms with Gasteiger partial charge in [0.15, 0.2) is 11.9 Å². The molecular weight excluding hydrogens is 586 g/mol. The van der Waals surface area contributed by atoms with Crippen LogP contribution in [0.4, 0.5) is 0 Å². The molecular formula is C33H42NO11-. The molecule has 0 aromatic carbocycles. The molecule has 5 aliphatic rings. The third-order valence-corrected chi connectivity index (χ3v) is 10.7. The van der Waals surface area contributed by atoms with Crippen LogP contribution in [0.15, 0.2) is 36.6 Å². The second-order valence-electron chi connectivity index (χ2n) is 13.0. The monoisotopic (exact) mass is 628 g/mol. The Morgan fingerprint density at radius 1 is 1.22 bits per heavy atom. The van der Waals surface area contributed by atoms with E-state index in [1.807, 2.05) is 6.07 Å². The first-order chi connectivity index (χ1) is 21.6. The van der Waals surface area contributed by atoms with Crippen molar-refractivity contribution in [3.8, 4) is 0 Å². The molecule has 8 atom stereocenters. The SMILES string of the molecule is C=C[C@@H]1[C@H](CC(=O)O)C(C(=O)OC)=CC2(CCCC2)[C@H]1O[C@@H]1O[C@H](CO)[C@]23OC(CCCO)=c4[n-]ccc4=C2CC[C@@]1(O)[C@H]3O. The van der Waals surface area contributed by atoms with Crippen molar-refractivity contribution in [3.05, 3.63) is 47.1 Å². The number of esters is 1. The summed E-state index contributed by atoms with van der Waals surface area (Å²) in [6, 6.07) is 1.82. The van der Waals surface area contributed by atoms with Crippen molar-refractivity contribution in [1.29, 1.82) is 0 Å². The van der Waals surface area contributed by atoms with Crippen LogP contribution in [-0.2, 0) is 28.5 Å². The Labute approximate surface area is 260 Å². The molecule has 246 valence electrons. The van der Waals surface area contributed by atoms with Crippen LogP contribution >= 0.6 is 0 Å². The molecule has 12 heteroatoms. The molecule has 3 heterocycles. The summed E-state index contributed by atoms with van der Waals surface area (Å²) in [7, 11) is 1.26. The number of carbonyl (C=O) groups is 2. The number of aliphatic carboxylic acids is 1. The Kier molecular flexibility index (Phi) is 8.51. The molecule has 1 aromatic heterocycles. The summed E-state index contributed by atoms with van der Waals surface area (Å²) in [5.41, 5.74) is -3.39. The zero-order valence-corrected chi connectivity index (χ0v) is 25.4. The highest BCUT2D eigenvalue weighted by Crippen LogP contribution is 2.57. The molecule has 6 rings (SSSR count). The number of methoxy groups -OCH3 is 1. The third-order valence-electron chi connectivity index (χ3n) is 10.7. The van der Waals surface area contributed by atoms with E-state index in [9.17, 15) is 35.1 Å². The number of carbonyl (C=O) groups excluding carboxylic acids is 1. The predicted molar refractivity (Wildman–Crippen MR) is 157 cm³/mol. The Morgan fingerprint density at radius 2 is 1.98 bits per heavy atom. The van der Waals surface area contributed by atoms with Gasteiger partial charge in [0.25, 0.3) is 0 Å². The van der Waals surface area contributed by atoms with Gasteiger partial charge in [-0.25, -0.2) is 4.79 Å². The quantitative estimate of drug-likeness (QED) is 0.173. The summed E-state index contributed by atoms with van der Waals surface area (Å²) in [6.07, 6.45) is 3.74. The Morgan fingerprint density at radius 3 is 2.62 bits per heavy atom. The van der Waals surface area contributed by atoms with Gasteiger partial charge >= 0.3 is 11.9 Å². The van der Waals surface area contributed by atoms with Crippen LogP contribution in [0, 0.1) is 17.3 Å². The number of aromatic nitrogens is 1. The maximum atomic E-state index is 12.9. The Bertz CT molecular complexity index is 1490. The standard InChI is InChI=1S/C33H42NO11/c1-3-18-20(15-25(37)38)21(28(39)42-2)16-31(10-4-5-11-31)27(18)44-30-32(41)12-8-22-19-9-13-34-26(19)23(7-6-14-35)45-33(22,29(32)40)24(17-36)43-30/h3,9,13,16,18,20,24,27,29-30,35-36,40-41H,1,4-8,10-12,14-15,17H2,2H3,(H,37,38)/q-1/t18-,20+,24-,27+,29-,30+,32-,33-/m1/s1. The van der Waals surface area contributed by atoms with E-state index < -0.39 is 71.6 Å². The van der Waals surface area contributed by atoms with E-state index in [0.717, 1.165) is 18.1 Å². The first-order valence-electron chi connectivity index (χ1n) is 15.7. The number of aliphatic hydroxyl groups is 4. The van der Waals surface area contributed by atoms with Gasteiger partial charge in [0.1, 0.15) is 17.8 Å². The lowest BCUT2D eigenvalue weighted by atomic mass is 9.62. The number of hydrogen-bond donors (Lipinski definition) is 5. The molecule has 1 aromatic rings. The Balaban J connectivity index is 1.42. The molecule has 0 unspecified atom stereocenters. The van der Waals surface area contributed by atoms with Crippen molar-refractivity contribution in [2.24, 2.45) is 17.3 Å². The lowest BCUT2D eigenvalue weighted by Crippen LogP contribution is -2.78. The van der Waals surface area contributed by atoms with Crippen molar-refractivity contribution < 1.29 is 54.1 Å². The molecule has 2 saturated carbocycles. The second kappa shape index (κ2) is 12.0. The molecule has 1 saturated heterocycles. The average Bonchev–Trinajstić information content (AvgIpc) is 3.71. The molecule has 2 aliphatic heterocycles. The van der Waals surface area contributed by atoms with Gasteiger partial charge in [-0.15, -0.1) is 6.58 Å². The summed E-state index contributed by atoms with van der Waals surface area (Å²) in [4.78, 5) is 29.4. The topological polar surface area (TPSA) is 186 Å². The van der Waals surface area contributed by atoms with Gasteiger partial charge in [0, 0.05) is 35.9 Å². The smallest absolute Gasteiger partial charge is 0.333 e. The van der Waals surface area contributed by atoms with Crippen LogP contribution in [0.2, 0.25) is 0 Å². The summed E-state index contributed by atoms with van der Waals surface area (Å²) in [5.74, 6) is -2.76. The number of fused-ring (bicyclic) bond motifs is 2. The lowest BCUT2D eigenvalue weighted by Gasteiger charge is -2.61. The number of ether oxygens (including phenoxy) is 4. The zero-order chi connectivity index (χ0) is 32.1. The van der Waals surface area contributed by atoms with E-state index >= 15 is 0 Å². The third kappa shape index (κ3) is 4.80. The molecule has 45 heavy (non-hydrogen) atoms. The fraction of sp³-hybridized carbons (Fsp3) is 0.636. The fourth-order valence-electron chi connectivity index (χ4n) is 8.67. The van der Waals surface area contributed by atoms with E-state index in [1.165, 1.54) is 7.11 Å². The molecule has 2 spiro atoms. The van der Waals surface area contributed by atoms with E-state index in [0.29, 0.717) is 48.8 Å². The zero-order valence-electron chi connectivity index (χ0n) is 25.4. The van der Waals surface area contributed by atoms with E-state index in [4.69, 9.17) is 18.9 Å². The van der Waals surface area contributed by atoms with E-state index in [1.54, 1.807) is 18.3 Å². The number of carboxylic acids is 1. The van der Waals surface area contributed by atoms with Crippen molar-refractivity contribution >= 4 is 23.3 Å². The summed E-state index contributed by atoms with van der Waals surface area (Å²) < 4.78 is 24.7. The molecule has 3 fully saturated rings. The molecule has 0 amide bonds. The van der Waals surface area contributed by atoms with Gasteiger partial charge in [-0.05, 0) is 42.9 Å². The Hall–Kier alpha value is -3.00. The highest BCUT2D eigenvalue weighted by molar-refractivity contribution is 5.90. The molecule has 12 nitrogen and oxygen atoms in total. The summed E-state index contributed by atoms with van der Waals surface area (Å²) in [6.45, 7) is 3.34. The van der Waals surface area contributed by atoms with Crippen molar-refractivity contribution in [2.45, 2.75) is 93.6 Å². The highest BCUT2D eigenvalue weighted by atomic mass is 16.7.